The van der Waals surface area contributed by atoms with Gasteiger partial charge in [0.1, 0.15) is 0 Å². The fraction of sp³-hybridized carbons (Fsp3) is 0.944. The Labute approximate surface area is 152 Å². The molecule has 2 aliphatic rings. The Morgan fingerprint density at radius 2 is 2.12 bits per heavy atom. The monoisotopic (exact) mass is 356 g/mol. The van der Waals surface area contributed by atoms with E-state index in [2.05, 4.69) is 36.3 Å². The van der Waals surface area contributed by atoms with Gasteiger partial charge in [0, 0.05) is 44.9 Å². The molecule has 2 saturated heterocycles. The van der Waals surface area contributed by atoms with E-state index >= 15 is 0 Å². The van der Waals surface area contributed by atoms with E-state index in [0.29, 0.717) is 18.2 Å². The molecule has 7 heteroatoms. The molecular weight excluding hydrogens is 320 g/mol. The lowest BCUT2D eigenvalue weighted by atomic mass is 10.2. The number of nitrogens with one attached hydrogen (secondary N) is 2. The molecule has 0 bridgehead atoms. The first-order valence-corrected chi connectivity index (χ1v) is 9.75. The average Bonchev–Trinajstić information content (AvgIpc) is 3.13. The number of hydrogen-bond donors (Lipinski definition) is 2. The van der Waals surface area contributed by atoms with E-state index in [1.165, 1.54) is 0 Å². The summed E-state index contributed by atoms with van der Waals surface area (Å²) in [5, 5.41) is 6.72. The third-order valence-electron chi connectivity index (χ3n) is 4.70. The van der Waals surface area contributed by atoms with Crippen molar-refractivity contribution in [1.82, 2.24) is 15.5 Å². The molecule has 2 heterocycles. The molecule has 0 amide bonds. The number of rotatable bonds is 9. The van der Waals surface area contributed by atoms with Crippen LogP contribution in [0.25, 0.3) is 0 Å². The van der Waals surface area contributed by atoms with E-state index in [-0.39, 0.29) is 0 Å². The van der Waals surface area contributed by atoms with Crippen molar-refractivity contribution in [3.63, 3.8) is 0 Å². The Morgan fingerprint density at radius 1 is 1.28 bits per heavy atom. The van der Waals surface area contributed by atoms with E-state index in [4.69, 9.17) is 19.2 Å². The van der Waals surface area contributed by atoms with Crippen LogP contribution in [0.5, 0.6) is 0 Å². The smallest absolute Gasteiger partial charge is 0.191 e. The van der Waals surface area contributed by atoms with Gasteiger partial charge < -0.3 is 24.8 Å². The van der Waals surface area contributed by atoms with Gasteiger partial charge in [0.05, 0.1) is 32.5 Å². The molecule has 0 aromatic rings. The number of hydrogen-bond acceptors (Lipinski definition) is 5. The maximum absolute atomic E-state index is 5.79. The van der Waals surface area contributed by atoms with E-state index < -0.39 is 0 Å². The molecule has 0 aromatic heterocycles. The normalized spacial score (nSPS) is 26.6. The lowest BCUT2D eigenvalue weighted by Gasteiger charge is -2.37. The first-order valence-electron chi connectivity index (χ1n) is 9.75. The van der Waals surface area contributed by atoms with E-state index in [1.54, 1.807) is 0 Å². The van der Waals surface area contributed by atoms with Gasteiger partial charge in [0.15, 0.2) is 5.96 Å². The summed E-state index contributed by atoms with van der Waals surface area (Å²) >= 11 is 0. The summed E-state index contributed by atoms with van der Waals surface area (Å²) in [5.74, 6) is 0.888. The fourth-order valence-electron chi connectivity index (χ4n) is 3.24. The van der Waals surface area contributed by atoms with Crippen LogP contribution < -0.4 is 10.6 Å². The van der Waals surface area contributed by atoms with Gasteiger partial charge in [-0.25, -0.2) is 0 Å². The van der Waals surface area contributed by atoms with Gasteiger partial charge >= 0.3 is 0 Å². The molecule has 0 aromatic carbocycles. The molecule has 0 spiro atoms. The van der Waals surface area contributed by atoms with Crippen molar-refractivity contribution in [2.75, 3.05) is 59.2 Å². The summed E-state index contributed by atoms with van der Waals surface area (Å²) in [6.07, 6.45) is 2.28. The van der Waals surface area contributed by atoms with Crippen LogP contribution in [-0.2, 0) is 14.2 Å². The molecule has 146 valence electrons. The predicted octanol–water partition coefficient (Wildman–Crippen LogP) is 0.846. The highest BCUT2D eigenvalue weighted by Gasteiger charge is 2.23. The van der Waals surface area contributed by atoms with E-state index in [0.717, 1.165) is 78.0 Å². The third-order valence-corrected chi connectivity index (χ3v) is 4.70. The van der Waals surface area contributed by atoms with Crippen LogP contribution in [0.2, 0.25) is 0 Å². The van der Waals surface area contributed by atoms with Crippen LogP contribution >= 0.6 is 0 Å². The number of nitrogens with zero attached hydrogens (tertiary/aromatic N) is 2. The van der Waals surface area contributed by atoms with Gasteiger partial charge in [-0.3, -0.25) is 9.89 Å². The molecule has 7 nitrogen and oxygen atoms in total. The lowest BCUT2D eigenvalue weighted by Crippen LogP contribution is -2.49. The summed E-state index contributed by atoms with van der Waals surface area (Å²) in [4.78, 5) is 7.23. The van der Waals surface area contributed by atoms with Gasteiger partial charge in [-0.15, -0.1) is 0 Å². The molecule has 0 saturated carbocycles. The minimum Gasteiger partial charge on any atom is -0.379 e. The number of guanidine groups is 1. The molecule has 0 radical (unpaired) electrons. The highest BCUT2D eigenvalue weighted by molar-refractivity contribution is 5.79. The van der Waals surface area contributed by atoms with E-state index in [9.17, 15) is 0 Å². The minimum absolute atomic E-state index is 0.290. The van der Waals surface area contributed by atoms with Crippen molar-refractivity contribution in [1.29, 1.82) is 0 Å². The van der Waals surface area contributed by atoms with Crippen LogP contribution in [0.3, 0.4) is 0 Å². The number of ether oxygens (including phenoxy) is 3. The molecule has 2 rings (SSSR count). The molecule has 0 aliphatic carbocycles. The van der Waals surface area contributed by atoms with Crippen molar-refractivity contribution in [2.45, 2.75) is 51.8 Å². The highest BCUT2D eigenvalue weighted by Crippen LogP contribution is 2.11. The van der Waals surface area contributed by atoms with Crippen LogP contribution in [0.15, 0.2) is 4.99 Å². The molecule has 3 unspecified atom stereocenters. The summed E-state index contributed by atoms with van der Waals surface area (Å²) in [7, 11) is 0. The number of morpholine rings is 1. The predicted molar refractivity (Wildman–Crippen MR) is 100 cm³/mol. The zero-order valence-electron chi connectivity index (χ0n) is 16.1. The van der Waals surface area contributed by atoms with Gasteiger partial charge in [-0.1, -0.05) is 0 Å². The van der Waals surface area contributed by atoms with Crippen molar-refractivity contribution in [2.24, 2.45) is 4.99 Å². The molecule has 2 fully saturated rings. The van der Waals surface area contributed by atoms with Crippen molar-refractivity contribution < 1.29 is 14.2 Å². The van der Waals surface area contributed by atoms with E-state index in [1.807, 2.05) is 0 Å². The zero-order valence-corrected chi connectivity index (χ0v) is 16.1. The lowest BCUT2D eigenvalue weighted by molar-refractivity contribution is -0.0165. The molecule has 3 atom stereocenters. The minimum atomic E-state index is 0.290. The van der Waals surface area contributed by atoms with Crippen LogP contribution in [0.4, 0.5) is 0 Å². The van der Waals surface area contributed by atoms with Gasteiger partial charge in [0.2, 0.25) is 0 Å². The standard InChI is InChI=1S/C18H36N4O3/c1-4-19-18(20-7-5-9-25-17-6-10-23-14-17)21-12-15(2)22-8-11-24-13-16(22)3/h15-17H,4-14H2,1-3H3,(H2,19,20,21). The largest absolute Gasteiger partial charge is 0.379 e. The SMILES string of the molecule is CCNC(=NCC(C)N1CCOCC1C)NCCCOC1CCOC1. The molecular formula is C18H36N4O3. The van der Waals surface area contributed by atoms with Gasteiger partial charge in [-0.05, 0) is 33.6 Å². The first-order chi connectivity index (χ1) is 12.2. The first kappa shape index (κ1) is 20.4. The zero-order chi connectivity index (χ0) is 17.9. The Hall–Kier alpha value is -0.890. The Balaban J connectivity index is 1.66. The van der Waals surface area contributed by atoms with Crippen LogP contribution in [0.1, 0.15) is 33.6 Å². The molecule has 2 N–H and O–H groups in total. The van der Waals surface area contributed by atoms with Gasteiger partial charge in [0.25, 0.3) is 0 Å². The summed E-state index contributed by atoms with van der Waals surface area (Å²) in [5.41, 5.74) is 0. The summed E-state index contributed by atoms with van der Waals surface area (Å²) < 4.78 is 16.6. The summed E-state index contributed by atoms with van der Waals surface area (Å²) in [6.45, 7) is 14.0. The van der Waals surface area contributed by atoms with Crippen LogP contribution in [0, 0.1) is 0 Å². The molecule has 25 heavy (non-hydrogen) atoms. The van der Waals surface area contributed by atoms with Crippen molar-refractivity contribution in [3.05, 3.63) is 0 Å². The summed E-state index contributed by atoms with van der Waals surface area (Å²) in [6, 6.07) is 0.881. The third kappa shape index (κ3) is 7.48. The van der Waals surface area contributed by atoms with Crippen molar-refractivity contribution >= 4 is 5.96 Å². The molecule has 2 aliphatic heterocycles. The fourth-order valence-corrected chi connectivity index (χ4v) is 3.24. The highest BCUT2D eigenvalue weighted by atomic mass is 16.5. The quantitative estimate of drug-likeness (QED) is 0.363. The Morgan fingerprint density at radius 3 is 2.84 bits per heavy atom. The number of aliphatic imine (C=N–C) groups is 1. The van der Waals surface area contributed by atoms with Crippen LogP contribution in [-0.4, -0.2) is 88.3 Å². The maximum Gasteiger partial charge on any atom is 0.191 e. The second kappa shape index (κ2) is 11.7. The topological polar surface area (TPSA) is 67.4 Å². The Bertz CT molecular complexity index is 389. The second-order valence-corrected chi connectivity index (χ2v) is 6.87. The average molecular weight is 357 g/mol. The van der Waals surface area contributed by atoms with Crippen molar-refractivity contribution in [3.8, 4) is 0 Å². The van der Waals surface area contributed by atoms with Gasteiger partial charge in [-0.2, -0.15) is 0 Å². The maximum atomic E-state index is 5.79. The second-order valence-electron chi connectivity index (χ2n) is 6.87. The Kier molecular flexibility index (Phi) is 9.54.